The van der Waals surface area contributed by atoms with Gasteiger partial charge in [-0.15, -0.1) is 0 Å². The minimum atomic E-state index is -1.76. The Morgan fingerprint density at radius 2 is 1.20 bits per heavy atom. The molecule has 2 aromatic carbocycles. The zero-order valence-electron chi connectivity index (χ0n) is 40.5. The minimum Gasteiger partial charge on any atom is -0.461 e. The predicted octanol–water partition coefficient (Wildman–Crippen LogP) is 3.97. The second-order valence-corrected chi connectivity index (χ2v) is 17.8. The maximum atomic E-state index is 14.0. The molecular formula is C48H72N2O16. The fourth-order valence-electron chi connectivity index (χ4n) is 7.53. The van der Waals surface area contributed by atoms with Crippen molar-refractivity contribution in [3.8, 4) is 11.5 Å². The Morgan fingerprint density at radius 3 is 1.62 bits per heavy atom. The Bertz CT molecular complexity index is 1830. The van der Waals surface area contributed by atoms with Gasteiger partial charge in [0.15, 0.2) is 0 Å². The van der Waals surface area contributed by atoms with E-state index in [2.05, 4.69) is 0 Å². The van der Waals surface area contributed by atoms with Crippen molar-refractivity contribution >= 4 is 35.8 Å². The third-order valence-corrected chi connectivity index (χ3v) is 11.3. The van der Waals surface area contributed by atoms with E-state index < -0.39 is 89.8 Å². The Balaban J connectivity index is 2.43. The van der Waals surface area contributed by atoms with E-state index in [1.165, 1.54) is 77.6 Å². The van der Waals surface area contributed by atoms with E-state index in [4.69, 9.17) is 28.4 Å². The maximum absolute atomic E-state index is 14.0. The van der Waals surface area contributed by atoms with E-state index in [1.54, 1.807) is 38.1 Å². The molecule has 0 saturated carbocycles. The number of esters is 6. The first-order chi connectivity index (χ1) is 30.7. The molecule has 0 radical (unpaired) electrons. The summed E-state index contributed by atoms with van der Waals surface area (Å²) in [4.78, 5) is 80.7. The fourth-order valence-corrected chi connectivity index (χ4v) is 7.53. The van der Waals surface area contributed by atoms with Crippen LogP contribution in [0.2, 0.25) is 0 Å². The van der Waals surface area contributed by atoms with Crippen molar-refractivity contribution in [2.45, 2.75) is 131 Å². The van der Waals surface area contributed by atoms with E-state index in [-0.39, 0.29) is 73.7 Å². The Labute approximate surface area is 388 Å². The van der Waals surface area contributed by atoms with Gasteiger partial charge in [-0.05, 0) is 91.6 Å². The highest BCUT2D eigenvalue weighted by Gasteiger charge is 2.45. The SMILES string of the molecule is CC[C@@H](OC(=O)[C@H](C)[C@@H](OC(=O)CN(CCOC(=O)c1ccccc1OC(C)=O)CCOC(=O)c1ccccc1OC(C)=O)[C@H](C)[C@@H](O)[C@](C)(O)C[C@@H](C)CN(C)[C@H](C)[C@H](C)O)C(C)(C)O. The first-order valence-corrected chi connectivity index (χ1v) is 22.2. The largest absolute Gasteiger partial charge is 0.461 e. The van der Waals surface area contributed by atoms with E-state index in [0.717, 1.165) is 0 Å². The molecule has 0 spiro atoms. The third-order valence-electron chi connectivity index (χ3n) is 11.3. The Hall–Kier alpha value is -4.98. The molecular weight excluding hydrogens is 861 g/mol. The third kappa shape index (κ3) is 18.4. The Morgan fingerprint density at radius 1 is 0.727 bits per heavy atom. The first-order valence-electron chi connectivity index (χ1n) is 22.2. The number of likely N-dealkylation sites (N-methyl/N-ethyl adjacent to an activating group) is 1. The summed E-state index contributed by atoms with van der Waals surface area (Å²) in [6.07, 6.45) is -4.14. The number of carbonyl (C=O) groups is 6. The second-order valence-electron chi connectivity index (χ2n) is 17.8. The number of ether oxygens (including phenoxy) is 6. The van der Waals surface area contributed by atoms with E-state index in [0.29, 0.717) is 6.54 Å². The lowest BCUT2D eigenvalue weighted by molar-refractivity contribution is -0.184. The van der Waals surface area contributed by atoms with E-state index >= 15 is 0 Å². The molecule has 4 N–H and O–H groups in total. The van der Waals surface area contributed by atoms with Crippen molar-refractivity contribution in [1.29, 1.82) is 0 Å². The van der Waals surface area contributed by atoms with Crippen LogP contribution in [0.5, 0.6) is 11.5 Å². The predicted molar refractivity (Wildman–Crippen MR) is 241 cm³/mol. The van der Waals surface area contributed by atoms with Crippen molar-refractivity contribution in [3.63, 3.8) is 0 Å². The smallest absolute Gasteiger partial charge is 0.341 e. The van der Waals surface area contributed by atoms with Gasteiger partial charge in [0.25, 0.3) is 0 Å². The molecule has 2 rings (SSSR count). The number of benzene rings is 2. The summed E-state index contributed by atoms with van der Waals surface area (Å²) >= 11 is 0. The van der Waals surface area contributed by atoms with Gasteiger partial charge >= 0.3 is 35.8 Å². The summed E-state index contributed by atoms with van der Waals surface area (Å²) in [6.45, 7) is 16.0. The molecule has 0 aliphatic heterocycles. The monoisotopic (exact) mass is 932 g/mol. The van der Waals surface area contributed by atoms with E-state index in [9.17, 15) is 49.2 Å². The number of para-hydroxylation sites is 2. The molecule has 0 fully saturated rings. The van der Waals surface area contributed by atoms with Gasteiger partial charge in [0.05, 0.1) is 35.9 Å². The lowest BCUT2D eigenvalue weighted by Gasteiger charge is -2.40. The molecule has 0 aromatic heterocycles. The number of aliphatic hydroxyl groups is 4. The molecule has 0 aliphatic rings. The highest BCUT2D eigenvalue weighted by atomic mass is 16.6. The average Bonchev–Trinajstić information content (AvgIpc) is 3.22. The summed E-state index contributed by atoms with van der Waals surface area (Å²) in [7, 11) is 1.84. The van der Waals surface area contributed by atoms with Crippen LogP contribution < -0.4 is 9.47 Å². The van der Waals surface area contributed by atoms with Crippen LogP contribution in [0.15, 0.2) is 48.5 Å². The topological polar surface area (TPSA) is 245 Å². The standard InChI is InChI=1S/C48H72N2O16/c1-13-40(47(9,10)59)65-44(56)31(4)42(30(3)43(55)48(11,60)26-29(2)27-49(12)32(5)33(6)51)66-41(54)28-50(22-24-61-45(57)36-18-14-16-20-38(36)63-34(7)52)23-25-62-46(58)37-19-15-17-21-39(37)64-35(8)53/h14-21,29-33,40,42-43,51,55,59-60H,13,22-28H2,1-12H3/t29-,30+,31-,32-,33+,40-,42+,43-,48-/m1/s1. The lowest BCUT2D eigenvalue weighted by Crippen LogP contribution is -2.52. The number of nitrogens with zero attached hydrogens (tertiary/aromatic N) is 2. The number of rotatable bonds is 27. The van der Waals surface area contributed by atoms with Gasteiger partial charge in [0, 0.05) is 45.4 Å². The quantitative estimate of drug-likeness (QED) is 0.0562. The van der Waals surface area contributed by atoms with Crippen molar-refractivity contribution in [2.24, 2.45) is 17.8 Å². The molecule has 9 atom stereocenters. The molecule has 0 aliphatic carbocycles. The van der Waals surface area contributed by atoms with Gasteiger partial charge in [0.2, 0.25) is 0 Å². The zero-order chi connectivity index (χ0) is 50.1. The van der Waals surface area contributed by atoms with Crippen LogP contribution in [0.1, 0.15) is 110 Å². The fraction of sp³-hybridized carbons (Fsp3) is 0.625. The maximum Gasteiger partial charge on any atom is 0.341 e. The summed E-state index contributed by atoms with van der Waals surface area (Å²) < 4.78 is 33.0. The molecule has 0 unspecified atom stereocenters. The number of carbonyl (C=O) groups excluding carboxylic acids is 6. The normalized spacial score (nSPS) is 16.3. The van der Waals surface area contributed by atoms with Crippen LogP contribution in [-0.4, -0.2) is 154 Å². The molecule has 0 heterocycles. The highest BCUT2D eigenvalue weighted by molar-refractivity contribution is 5.94. The summed E-state index contributed by atoms with van der Waals surface area (Å²) in [6, 6.07) is 11.7. The number of hydrogen-bond acceptors (Lipinski definition) is 18. The molecule has 0 saturated heterocycles. The second kappa shape index (κ2) is 26.4. The van der Waals surface area contributed by atoms with Crippen LogP contribution >= 0.6 is 0 Å². The molecule has 2 aromatic rings. The molecule has 0 amide bonds. The van der Waals surface area contributed by atoms with Crippen molar-refractivity contribution in [2.75, 3.05) is 46.4 Å². The number of hydrogen-bond donors (Lipinski definition) is 4. The highest BCUT2D eigenvalue weighted by Crippen LogP contribution is 2.32. The summed E-state index contributed by atoms with van der Waals surface area (Å²) in [5.74, 6) is -7.26. The molecule has 18 heteroatoms. The van der Waals surface area contributed by atoms with Gasteiger partial charge in [-0.1, -0.05) is 45.0 Å². The van der Waals surface area contributed by atoms with Crippen LogP contribution in [0.25, 0.3) is 0 Å². The van der Waals surface area contributed by atoms with Gasteiger partial charge in [0.1, 0.15) is 48.0 Å². The molecule has 18 nitrogen and oxygen atoms in total. The average molecular weight is 933 g/mol. The summed E-state index contributed by atoms with van der Waals surface area (Å²) in [5, 5.41) is 44.3. The van der Waals surface area contributed by atoms with Crippen molar-refractivity contribution < 1.29 is 77.6 Å². The van der Waals surface area contributed by atoms with Gasteiger partial charge in [-0.25, -0.2) is 9.59 Å². The summed E-state index contributed by atoms with van der Waals surface area (Å²) in [5.41, 5.74) is -3.24. The Kier molecular flexibility index (Phi) is 22.8. The minimum absolute atomic E-state index is 0.0223. The van der Waals surface area contributed by atoms with Crippen molar-refractivity contribution in [1.82, 2.24) is 9.80 Å². The van der Waals surface area contributed by atoms with Crippen LogP contribution in [0, 0.1) is 17.8 Å². The van der Waals surface area contributed by atoms with Crippen LogP contribution in [-0.2, 0) is 38.1 Å². The zero-order valence-corrected chi connectivity index (χ0v) is 40.5. The van der Waals surface area contributed by atoms with Crippen LogP contribution in [0.4, 0.5) is 0 Å². The number of aliphatic hydroxyl groups excluding tert-OH is 2. The van der Waals surface area contributed by atoms with Crippen LogP contribution in [0.3, 0.4) is 0 Å². The lowest BCUT2D eigenvalue weighted by atomic mass is 9.78. The molecule has 0 bridgehead atoms. The van der Waals surface area contributed by atoms with Gasteiger partial charge in [-0.2, -0.15) is 0 Å². The van der Waals surface area contributed by atoms with E-state index in [1.807, 2.05) is 25.8 Å². The molecule has 370 valence electrons. The van der Waals surface area contributed by atoms with Gasteiger partial charge in [-0.3, -0.25) is 24.1 Å². The van der Waals surface area contributed by atoms with Crippen molar-refractivity contribution in [3.05, 3.63) is 59.7 Å². The first kappa shape index (κ1) is 57.1. The molecule has 66 heavy (non-hydrogen) atoms. The van der Waals surface area contributed by atoms with Gasteiger partial charge < -0.3 is 53.7 Å².